The molecule has 2 aromatic rings. The van der Waals surface area contributed by atoms with Crippen molar-refractivity contribution in [1.29, 1.82) is 0 Å². The summed E-state index contributed by atoms with van der Waals surface area (Å²) in [4.78, 5) is 8.79. The Hall–Kier alpha value is -1.56. The summed E-state index contributed by atoms with van der Waals surface area (Å²) in [6, 6.07) is 6.09. The number of nitrogens with one attached hydrogen (secondary N) is 1. The SMILES string of the molecule is NNC(c1cccc2nccnc12)C1CCCOC1. The quantitative estimate of drug-likeness (QED) is 0.645. The molecule has 2 heterocycles. The summed E-state index contributed by atoms with van der Waals surface area (Å²) in [5.74, 6) is 6.15. The number of aromatic nitrogens is 2. The van der Waals surface area contributed by atoms with Crippen LogP contribution in [0.2, 0.25) is 0 Å². The van der Waals surface area contributed by atoms with E-state index in [1.54, 1.807) is 12.4 Å². The summed E-state index contributed by atoms with van der Waals surface area (Å²) in [5.41, 5.74) is 5.85. The minimum Gasteiger partial charge on any atom is -0.381 e. The van der Waals surface area contributed by atoms with E-state index in [-0.39, 0.29) is 6.04 Å². The van der Waals surface area contributed by atoms with Crippen LogP contribution < -0.4 is 11.3 Å². The number of nitrogens with zero attached hydrogens (tertiary/aromatic N) is 2. The summed E-state index contributed by atoms with van der Waals surface area (Å²) < 4.78 is 5.57. The van der Waals surface area contributed by atoms with Gasteiger partial charge in [0, 0.05) is 24.9 Å². The molecule has 1 aromatic carbocycles. The van der Waals surface area contributed by atoms with Crippen molar-refractivity contribution in [2.75, 3.05) is 13.2 Å². The second-order valence-corrected chi connectivity index (χ2v) is 4.89. The highest BCUT2D eigenvalue weighted by molar-refractivity contribution is 5.78. The molecule has 3 rings (SSSR count). The molecule has 0 spiro atoms. The van der Waals surface area contributed by atoms with Crippen LogP contribution >= 0.6 is 0 Å². The van der Waals surface area contributed by atoms with E-state index in [1.165, 1.54) is 0 Å². The first-order chi connectivity index (χ1) is 9.40. The zero-order valence-electron chi connectivity index (χ0n) is 10.7. The van der Waals surface area contributed by atoms with Gasteiger partial charge >= 0.3 is 0 Å². The van der Waals surface area contributed by atoms with Gasteiger partial charge in [-0.1, -0.05) is 12.1 Å². The predicted molar refractivity (Wildman–Crippen MR) is 73.1 cm³/mol. The molecule has 5 nitrogen and oxygen atoms in total. The van der Waals surface area contributed by atoms with E-state index >= 15 is 0 Å². The maximum absolute atomic E-state index is 5.77. The Bertz CT molecular complexity index is 549. The largest absolute Gasteiger partial charge is 0.381 e. The molecule has 2 atom stereocenters. The van der Waals surface area contributed by atoms with Crippen LogP contribution in [0.3, 0.4) is 0 Å². The lowest BCUT2D eigenvalue weighted by atomic mass is 9.88. The third kappa shape index (κ3) is 2.45. The summed E-state index contributed by atoms with van der Waals surface area (Å²) in [6.07, 6.45) is 5.63. The molecule has 1 aliphatic rings. The van der Waals surface area contributed by atoms with E-state index in [9.17, 15) is 0 Å². The first kappa shape index (κ1) is 12.5. The zero-order valence-corrected chi connectivity index (χ0v) is 10.7. The summed E-state index contributed by atoms with van der Waals surface area (Å²) in [7, 11) is 0. The van der Waals surface area contributed by atoms with Gasteiger partial charge in [-0.05, 0) is 24.5 Å². The lowest BCUT2D eigenvalue weighted by Gasteiger charge is -2.30. The van der Waals surface area contributed by atoms with Crippen LogP contribution in [-0.2, 0) is 4.74 Å². The van der Waals surface area contributed by atoms with Gasteiger partial charge in [0.25, 0.3) is 0 Å². The number of fused-ring (bicyclic) bond motifs is 1. The zero-order chi connectivity index (χ0) is 13.1. The Morgan fingerprint density at radius 1 is 1.32 bits per heavy atom. The molecule has 2 unspecified atom stereocenters. The average Bonchev–Trinajstić information content (AvgIpc) is 2.49. The maximum Gasteiger partial charge on any atom is 0.0935 e. The molecule has 1 fully saturated rings. The fourth-order valence-corrected chi connectivity index (χ4v) is 2.77. The Morgan fingerprint density at radius 3 is 3.00 bits per heavy atom. The highest BCUT2D eigenvalue weighted by atomic mass is 16.5. The first-order valence-electron chi connectivity index (χ1n) is 6.63. The van der Waals surface area contributed by atoms with Crippen LogP contribution in [-0.4, -0.2) is 23.2 Å². The van der Waals surface area contributed by atoms with Gasteiger partial charge in [-0.3, -0.25) is 21.2 Å². The lowest BCUT2D eigenvalue weighted by molar-refractivity contribution is 0.0392. The number of hydrazine groups is 1. The predicted octanol–water partition coefficient (Wildman–Crippen LogP) is 1.56. The van der Waals surface area contributed by atoms with Crippen molar-refractivity contribution in [1.82, 2.24) is 15.4 Å². The second kappa shape index (κ2) is 5.61. The molecule has 100 valence electrons. The van der Waals surface area contributed by atoms with E-state index in [0.717, 1.165) is 42.7 Å². The van der Waals surface area contributed by atoms with E-state index in [2.05, 4.69) is 21.5 Å². The van der Waals surface area contributed by atoms with Gasteiger partial charge in [-0.15, -0.1) is 0 Å². The summed E-state index contributed by atoms with van der Waals surface area (Å²) in [5, 5.41) is 0. The number of para-hydroxylation sites is 1. The molecule has 1 aromatic heterocycles. The van der Waals surface area contributed by atoms with Crippen molar-refractivity contribution in [3.8, 4) is 0 Å². The Labute approximate surface area is 112 Å². The number of hydrogen-bond donors (Lipinski definition) is 2. The van der Waals surface area contributed by atoms with Gasteiger partial charge in [-0.25, -0.2) is 0 Å². The maximum atomic E-state index is 5.77. The molecular formula is C14H18N4O. The number of ether oxygens (including phenoxy) is 1. The van der Waals surface area contributed by atoms with Crippen LogP contribution in [0.5, 0.6) is 0 Å². The minimum atomic E-state index is 0.0562. The number of benzene rings is 1. The van der Waals surface area contributed by atoms with Crippen molar-refractivity contribution in [3.63, 3.8) is 0 Å². The molecule has 0 radical (unpaired) electrons. The molecule has 0 bridgehead atoms. The second-order valence-electron chi connectivity index (χ2n) is 4.89. The molecule has 1 aliphatic heterocycles. The average molecular weight is 258 g/mol. The third-order valence-electron chi connectivity index (χ3n) is 3.71. The van der Waals surface area contributed by atoms with E-state index in [4.69, 9.17) is 10.6 Å². The van der Waals surface area contributed by atoms with Gasteiger partial charge in [0.15, 0.2) is 0 Å². The Balaban J connectivity index is 2.00. The molecule has 1 saturated heterocycles. The molecule has 0 aliphatic carbocycles. The first-order valence-corrected chi connectivity index (χ1v) is 6.63. The van der Waals surface area contributed by atoms with Crippen LogP contribution in [0.15, 0.2) is 30.6 Å². The molecule has 0 saturated carbocycles. The molecule has 5 heteroatoms. The monoisotopic (exact) mass is 258 g/mol. The van der Waals surface area contributed by atoms with Gasteiger partial charge in [0.2, 0.25) is 0 Å². The smallest absolute Gasteiger partial charge is 0.0935 e. The third-order valence-corrected chi connectivity index (χ3v) is 3.71. The number of hydrogen-bond acceptors (Lipinski definition) is 5. The fourth-order valence-electron chi connectivity index (χ4n) is 2.77. The summed E-state index contributed by atoms with van der Waals surface area (Å²) in [6.45, 7) is 1.59. The molecule has 0 amide bonds. The molecule has 3 N–H and O–H groups in total. The topological polar surface area (TPSA) is 73.1 Å². The van der Waals surface area contributed by atoms with E-state index in [0.29, 0.717) is 5.92 Å². The highest BCUT2D eigenvalue weighted by Gasteiger charge is 2.26. The van der Waals surface area contributed by atoms with Crippen molar-refractivity contribution >= 4 is 11.0 Å². The Morgan fingerprint density at radius 2 is 2.21 bits per heavy atom. The van der Waals surface area contributed by atoms with Crippen molar-refractivity contribution in [2.45, 2.75) is 18.9 Å². The number of nitrogens with two attached hydrogens (primary N) is 1. The fraction of sp³-hybridized carbons (Fsp3) is 0.429. The standard InChI is InChI=1S/C14H18N4O/c15-18-13(10-3-2-8-19-9-10)11-4-1-5-12-14(11)17-7-6-16-12/h1,4-7,10,13,18H,2-3,8-9,15H2. The Kier molecular flexibility index (Phi) is 3.68. The van der Waals surface area contributed by atoms with Crippen molar-refractivity contribution < 1.29 is 4.74 Å². The van der Waals surface area contributed by atoms with Gasteiger partial charge in [0.1, 0.15) is 0 Å². The van der Waals surface area contributed by atoms with Crippen LogP contribution in [0.4, 0.5) is 0 Å². The van der Waals surface area contributed by atoms with Crippen LogP contribution in [0.1, 0.15) is 24.4 Å². The van der Waals surface area contributed by atoms with Crippen molar-refractivity contribution in [3.05, 3.63) is 36.2 Å². The van der Waals surface area contributed by atoms with E-state index < -0.39 is 0 Å². The lowest BCUT2D eigenvalue weighted by Crippen LogP contribution is -2.37. The molecular weight excluding hydrogens is 240 g/mol. The number of rotatable bonds is 3. The summed E-state index contributed by atoms with van der Waals surface area (Å²) >= 11 is 0. The van der Waals surface area contributed by atoms with Crippen LogP contribution in [0.25, 0.3) is 11.0 Å². The van der Waals surface area contributed by atoms with Crippen LogP contribution in [0, 0.1) is 5.92 Å². The van der Waals surface area contributed by atoms with Crippen molar-refractivity contribution in [2.24, 2.45) is 11.8 Å². The minimum absolute atomic E-state index is 0.0562. The van der Waals surface area contributed by atoms with Gasteiger partial charge in [-0.2, -0.15) is 0 Å². The van der Waals surface area contributed by atoms with E-state index in [1.807, 2.05) is 12.1 Å². The normalized spacial score (nSPS) is 21.4. The highest BCUT2D eigenvalue weighted by Crippen LogP contribution is 2.31. The molecule has 19 heavy (non-hydrogen) atoms. The van der Waals surface area contributed by atoms with Gasteiger partial charge in [0.05, 0.1) is 23.7 Å². The van der Waals surface area contributed by atoms with Gasteiger partial charge < -0.3 is 4.74 Å².